The van der Waals surface area contributed by atoms with Crippen LogP contribution in [0.4, 0.5) is 0 Å². The maximum absolute atomic E-state index is 13.5. The molecule has 29 heavy (non-hydrogen) atoms. The lowest BCUT2D eigenvalue weighted by molar-refractivity contribution is -0.163. The van der Waals surface area contributed by atoms with E-state index in [0.29, 0.717) is 18.4 Å². The molecular weight excluding hydrogens is 368 g/mol. The summed E-state index contributed by atoms with van der Waals surface area (Å²) in [6.45, 7) is 3.84. The molecule has 5 atom stereocenters. The van der Waals surface area contributed by atoms with E-state index in [-0.39, 0.29) is 18.0 Å². The summed E-state index contributed by atoms with van der Waals surface area (Å²) in [6, 6.07) is 8.41. The standard InChI is InChI=1S/C23H28N2O4/c1-14(26)29-10-8-16-11-15-12-23(22(27)28-2)20-18(7-9-25(13-15)21(16)23)17-5-3-4-6-19(17)24-20/h3-6,15-16,21,24H,7-13H2,1-2H3/t15-,16?,21?,23?/m0/s1. The number of hydrogen-bond donors (Lipinski definition) is 1. The molecule has 1 aliphatic carbocycles. The minimum Gasteiger partial charge on any atom is -0.468 e. The van der Waals surface area contributed by atoms with E-state index in [9.17, 15) is 9.59 Å². The Hall–Kier alpha value is -2.34. The first kappa shape index (κ1) is 18.7. The smallest absolute Gasteiger partial charge is 0.319 e. The summed E-state index contributed by atoms with van der Waals surface area (Å²) in [5.74, 6) is 0.366. The van der Waals surface area contributed by atoms with Crippen molar-refractivity contribution < 1.29 is 19.1 Å². The summed E-state index contributed by atoms with van der Waals surface area (Å²) in [5.41, 5.74) is 2.73. The summed E-state index contributed by atoms with van der Waals surface area (Å²) in [4.78, 5) is 30.9. The molecule has 6 heteroatoms. The van der Waals surface area contributed by atoms with E-state index in [4.69, 9.17) is 9.47 Å². The van der Waals surface area contributed by atoms with Gasteiger partial charge in [-0.2, -0.15) is 0 Å². The fraction of sp³-hybridized carbons (Fsp3) is 0.565. The molecule has 4 heterocycles. The molecule has 3 fully saturated rings. The number of para-hydroxylation sites is 1. The molecule has 2 aromatic rings. The number of benzene rings is 1. The molecule has 4 bridgehead atoms. The number of piperidine rings is 2. The van der Waals surface area contributed by atoms with Gasteiger partial charge >= 0.3 is 11.9 Å². The number of aromatic amines is 1. The van der Waals surface area contributed by atoms with Gasteiger partial charge in [-0.3, -0.25) is 14.5 Å². The van der Waals surface area contributed by atoms with Crippen LogP contribution in [0.25, 0.3) is 10.9 Å². The van der Waals surface area contributed by atoms with E-state index >= 15 is 0 Å². The first-order valence-corrected chi connectivity index (χ1v) is 10.6. The van der Waals surface area contributed by atoms with E-state index in [1.54, 1.807) is 0 Å². The van der Waals surface area contributed by atoms with Crippen LogP contribution in [-0.2, 0) is 30.9 Å². The second kappa shape index (κ2) is 6.87. The molecule has 3 aliphatic heterocycles. The van der Waals surface area contributed by atoms with Crippen LogP contribution in [0.3, 0.4) is 0 Å². The molecule has 0 radical (unpaired) electrons. The molecular formula is C23H28N2O4. The molecule has 4 unspecified atom stereocenters. The van der Waals surface area contributed by atoms with Crippen molar-refractivity contribution in [2.45, 2.75) is 44.1 Å². The van der Waals surface area contributed by atoms with Gasteiger partial charge < -0.3 is 14.5 Å². The van der Waals surface area contributed by atoms with Crippen LogP contribution in [-0.4, -0.2) is 54.7 Å². The number of ether oxygens (including phenoxy) is 2. The number of nitrogens with zero attached hydrogens (tertiary/aromatic N) is 1. The number of carbonyl (C=O) groups is 2. The number of fused-ring (bicyclic) bond motifs is 4. The molecule has 1 saturated carbocycles. The molecule has 0 spiro atoms. The minimum absolute atomic E-state index is 0.0739. The highest BCUT2D eigenvalue weighted by atomic mass is 16.5. The number of methoxy groups -OCH3 is 1. The van der Waals surface area contributed by atoms with Crippen LogP contribution in [0.15, 0.2) is 24.3 Å². The molecule has 154 valence electrons. The van der Waals surface area contributed by atoms with Gasteiger partial charge in [-0.05, 0) is 49.1 Å². The molecule has 6 rings (SSSR count). The van der Waals surface area contributed by atoms with Gasteiger partial charge in [0.25, 0.3) is 0 Å². The summed E-state index contributed by atoms with van der Waals surface area (Å²) in [7, 11) is 1.50. The molecule has 6 nitrogen and oxygen atoms in total. The third-order valence-corrected chi connectivity index (χ3v) is 7.34. The average Bonchev–Trinajstić information content (AvgIpc) is 3.06. The van der Waals surface area contributed by atoms with Crippen LogP contribution >= 0.6 is 0 Å². The normalized spacial score (nSPS) is 32.5. The third kappa shape index (κ3) is 2.72. The van der Waals surface area contributed by atoms with Crippen molar-refractivity contribution in [1.82, 2.24) is 9.88 Å². The highest BCUT2D eigenvalue weighted by Crippen LogP contribution is 2.55. The SMILES string of the molecule is COC(=O)C12C[C@@H]3CC(CCOC(C)=O)C1N(CCc1c2[nH]c2ccccc12)C3. The third-order valence-electron chi connectivity index (χ3n) is 7.34. The van der Waals surface area contributed by atoms with Crippen LogP contribution in [0, 0.1) is 11.8 Å². The number of nitrogens with one attached hydrogen (secondary N) is 1. The number of esters is 2. The lowest BCUT2D eigenvalue weighted by Gasteiger charge is -2.57. The van der Waals surface area contributed by atoms with Gasteiger partial charge in [0, 0.05) is 42.7 Å². The Kier molecular flexibility index (Phi) is 4.42. The molecule has 2 saturated heterocycles. The zero-order valence-corrected chi connectivity index (χ0v) is 17.1. The van der Waals surface area contributed by atoms with Crippen molar-refractivity contribution in [3.63, 3.8) is 0 Å². The predicted octanol–water partition coefficient (Wildman–Crippen LogP) is 2.80. The number of aromatic nitrogens is 1. The summed E-state index contributed by atoms with van der Waals surface area (Å²) in [6.07, 6.45) is 3.62. The number of rotatable bonds is 4. The summed E-state index contributed by atoms with van der Waals surface area (Å²) < 4.78 is 10.7. The van der Waals surface area contributed by atoms with Crippen LogP contribution < -0.4 is 0 Å². The Morgan fingerprint density at radius 2 is 2.14 bits per heavy atom. The van der Waals surface area contributed by atoms with Crippen LogP contribution in [0.5, 0.6) is 0 Å². The molecule has 1 aromatic heterocycles. The molecule has 1 N–H and O–H groups in total. The van der Waals surface area contributed by atoms with Gasteiger partial charge in [0.15, 0.2) is 0 Å². The number of hydrogen-bond acceptors (Lipinski definition) is 5. The topological polar surface area (TPSA) is 71.6 Å². The van der Waals surface area contributed by atoms with Crippen molar-refractivity contribution in [3.05, 3.63) is 35.5 Å². The lowest BCUT2D eigenvalue weighted by atomic mass is 9.56. The lowest BCUT2D eigenvalue weighted by Crippen LogP contribution is -2.67. The summed E-state index contributed by atoms with van der Waals surface area (Å²) in [5, 5.41) is 1.21. The number of carbonyl (C=O) groups excluding carboxylic acids is 2. The maximum atomic E-state index is 13.5. The van der Waals surface area contributed by atoms with Crippen molar-refractivity contribution >= 4 is 22.8 Å². The van der Waals surface area contributed by atoms with E-state index in [2.05, 4.69) is 28.1 Å². The summed E-state index contributed by atoms with van der Waals surface area (Å²) >= 11 is 0. The van der Waals surface area contributed by atoms with Crippen molar-refractivity contribution in [1.29, 1.82) is 0 Å². The van der Waals surface area contributed by atoms with Gasteiger partial charge in [0.1, 0.15) is 5.41 Å². The number of H-pyrrole nitrogens is 1. The molecule has 4 aliphatic rings. The Balaban J connectivity index is 1.64. The van der Waals surface area contributed by atoms with Crippen LogP contribution in [0.1, 0.15) is 37.4 Å². The van der Waals surface area contributed by atoms with Gasteiger partial charge in [0.05, 0.1) is 13.7 Å². The largest absolute Gasteiger partial charge is 0.468 e. The van der Waals surface area contributed by atoms with E-state index in [1.165, 1.54) is 25.0 Å². The van der Waals surface area contributed by atoms with E-state index in [0.717, 1.165) is 50.0 Å². The van der Waals surface area contributed by atoms with E-state index < -0.39 is 5.41 Å². The van der Waals surface area contributed by atoms with Crippen molar-refractivity contribution in [3.8, 4) is 0 Å². The zero-order chi connectivity index (χ0) is 20.2. The highest BCUT2D eigenvalue weighted by molar-refractivity contribution is 5.91. The quantitative estimate of drug-likeness (QED) is 0.805. The Bertz CT molecular complexity index is 967. The van der Waals surface area contributed by atoms with Crippen molar-refractivity contribution in [2.24, 2.45) is 11.8 Å². The molecule has 0 amide bonds. The fourth-order valence-electron chi connectivity index (χ4n) is 6.51. The molecule has 1 aromatic carbocycles. The zero-order valence-electron chi connectivity index (χ0n) is 17.1. The second-order valence-electron chi connectivity index (χ2n) is 8.87. The van der Waals surface area contributed by atoms with Gasteiger partial charge in [0.2, 0.25) is 0 Å². The first-order chi connectivity index (χ1) is 14.0. The Morgan fingerprint density at radius 1 is 1.31 bits per heavy atom. The Labute approximate surface area is 170 Å². The predicted molar refractivity (Wildman–Crippen MR) is 109 cm³/mol. The van der Waals surface area contributed by atoms with Crippen molar-refractivity contribution in [2.75, 3.05) is 26.8 Å². The minimum atomic E-state index is -0.679. The average molecular weight is 396 g/mol. The second-order valence-corrected chi connectivity index (χ2v) is 8.87. The monoisotopic (exact) mass is 396 g/mol. The van der Waals surface area contributed by atoms with Gasteiger partial charge in [-0.1, -0.05) is 18.2 Å². The fourth-order valence-corrected chi connectivity index (χ4v) is 6.51. The first-order valence-electron chi connectivity index (χ1n) is 10.6. The Morgan fingerprint density at radius 3 is 2.93 bits per heavy atom. The van der Waals surface area contributed by atoms with Crippen LogP contribution in [0.2, 0.25) is 0 Å². The van der Waals surface area contributed by atoms with E-state index in [1.807, 2.05) is 6.07 Å². The maximum Gasteiger partial charge on any atom is 0.319 e. The highest BCUT2D eigenvalue weighted by Gasteiger charge is 2.62. The van der Waals surface area contributed by atoms with Gasteiger partial charge in [-0.25, -0.2) is 0 Å². The van der Waals surface area contributed by atoms with Gasteiger partial charge in [-0.15, -0.1) is 0 Å².